The molecule has 0 bridgehead atoms. The van der Waals surface area contributed by atoms with E-state index in [9.17, 15) is 4.79 Å². The summed E-state index contributed by atoms with van der Waals surface area (Å²) in [5.74, 6) is 0.150. The average Bonchev–Trinajstić information content (AvgIpc) is 2.94. The van der Waals surface area contributed by atoms with Gasteiger partial charge in [0.1, 0.15) is 5.58 Å². The van der Waals surface area contributed by atoms with Crippen LogP contribution in [0.2, 0.25) is 0 Å². The van der Waals surface area contributed by atoms with Crippen LogP contribution < -0.4 is 9.47 Å². The zero-order valence-corrected chi connectivity index (χ0v) is 13.3. The minimum atomic E-state index is -0.602. The fraction of sp³-hybridized carbons (Fsp3) is 0.158. The topological polar surface area (TPSA) is 72.5 Å². The molecule has 3 rings (SSSR count). The molecule has 5 heteroatoms. The maximum absolute atomic E-state index is 12.5. The Morgan fingerprint density at radius 1 is 1.21 bits per heavy atom. The van der Waals surface area contributed by atoms with Crippen molar-refractivity contribution in [1.29, 1.82) is 5.26 Å². The van der Waals surface area contributed by atoms with Gasteiger partial charge in [0.05, 0.1) is 18.2 Å². The molecule has 120 valence electrons. The van der Waals surface area contributed by atoms with Crippen LogP contribution in [0.15, 0.2) is 46.9 Å². The van der Waals surface area contributed by atoms with Gasteiger partial charge in [0.2, 0.25) is 5.76 Å². The Morgan fingerprint density at radius 2 is 2.00 bits per heavy atom. The number of nitriles is 1. The Kier molecular flexibility index (Phi) is 4.21. The van der Waals surface area contributed by atoms with E-state index in [1.54, 1.807) is 18.2 Å². The first-order chi connectivity index (χ1) is 11.6. The zero-order chi connectivity index (χ0) is 17.1. The molecule has 0 saturated heterocycles. The van der Waals surface area contributed by atoms with Gasteiger partial charge in [0.15, 0.2) is 11.5 Å². The molecule has 5 nitrogen and oxygen atoms in total. The Hall–Kier alpha value is -3.26. The highest BCUT2D eigenvalue weighted by Gasteiger charge is 2.21. The predicted octanol–water partition coefficient (Wildman–Crippen LogP) is 4.23. The van der Waals surface area contributed by atoms with Crippen LogP contribution in [0.1, 0.15) is 28.6 Å². The van der Waals surface area contributed by atoms with Crippen molar-refractivity contribution in [2.24, 2.45) is 0 Å². The lowest BCUT2D eigenvalue weighted by Crippen LogP contribution is -2.10. The number of furan rings is 1. The van der Waals surface area contributed by atoms with E-state index in [2.05, 4.69) is 0 Å². The second-order valence-corrected chi connectivity index (χ2v) is 5.15. The summed E-state index contributed by atoms with van der Waals surface area (Å²) in [7, 11) is 0. The quantitative estimate of drug-likeness (QED) is 0.531. The third kappa shape index (κ3) is 2.82. The molecule has 0 spiro atoms. The summed E-state index contributed by atoms with van der Waals surface area (Å²) in [5.41, 5.74) is 1.78. The fourth-order valence-corrected chi connectivity index (χ4v) is 2.45. The lowest BCUT2D eigenvalue weighted by atomic mass is 10.1. The van der Waals surface area contributed by atoms with Crippen LogP contribution in [0, 0.1) is 18.3 Å². The van der Waals surface area contributed by atoms with Crippen LogP contribution in [0.5, 0.6) is 11.5 Å². The highest BCUT2D eigenvalue weighted by Crippen LogP contribution is 2.31. The smallest absolute Gasteiger partial charge is 0.380 e. The fourth-order valence-electron chi connectivity index (χ4n) is 2.45. The van der Waals surface area contributed by atoms with Gasteiger partial charge < -0.3 is 13.9 Å². The zero-order valence-electron chi connectivity index (χ0n) is 13.3. The normalized spacial score (nSPS) is 10.4. The summed E-state index contributed by atoms with van der Waals surface area (Å²) in [5, 5.41) is 9.84. The van der Waals surface area contributed by atoms with E-state index in [4.69, 9.17) is 19.2 Å². The first-order valence-corrected chi connectivity index (χ1v) is 7.51. The number of fused-ring (bicyclic) bond motifs is 1. The second-order valence-electron chi connectivity index (χ2n) is 5.15. The predicted molar refractivity (Wildman–Crippen MR) is 88.2 cm³/mol. The number of esters is 1. The summed E-state index contributed by atoms with van der Waals surface area (Å²) in [6.45, 7) is 4.02. The number of benzene rings is 2. The number of hydrogen-bond acceptors (Lipinski definition) is 5. The molecule has 0 amide bonds. The highest BCUT2D eigenvalue weighted by atomic mass is 16.6. The van der Waals surface area contributed by atoms with E-state index in [-0.39, 0.29) is 11.5 Å². The van der Waals surface area contributed by atoms with E-state index in [0.717, 1.165) is 10.9 Å². The maximum Gasteiger partial charge on any atom is 0.380 e. The molecule has 0 saturated carbocycles. The molecule has 3 aromatic rings. The monoisotopic (exact) mass is 321 g/mol. The molecule has 1 heterocycles. The molecule has 0 N–H and O–H groups in total. The van der Waals surface area contributed by atoms with Crippen LogP contribution >= 0.6 is 0 Å². The van der Waals surface area contributed by atoms with Gasteiger partial charge in [-0.15, -0.1) is 0 Å². The highest BCUT2D eigenvalue weighted by molar-refractivity contribution is 5.97. The van der Waals surface area contributed by atoms with Crippen molar-refractivity contribution in [3.8, 4) is 17.6 Å². The first kappa shape index (κ1) is 15.6. The van der Waals surface area contributed by atoms with Gasteiger partial charge in [-0.1, -0.05) is 18.2 Å². The van der Waals surface area contributed by atoms with Gasteiger partial charge in [0, 0.05) is 17.0 Å². The van der Waals surface area contributed by atoms with Crippen molar-refractivity contribution in [3.63, 3.8) is 0 Å². The van der Waals surface area contributed by atoms with E-state index in [1.165, 1.54) is 6.07 Å². The minimum absolute atomic E-state index is 0.156. The van der Waals surface area contributed by atoms with Crippen LogP contribution in [0.3, 0.4) is 0 Å². The molecule has 0 unspecified atom stereocenters. The SMILES string of the molecule is CCOc1cc(C#N)ccc1OC(=O)c1oc2ccccc2c1C. The van der Waals surface area contributed by atoms with E-state index >= 15 is 0 Å². The number of nitrogens with zero attached hydrogens (tertiary/aromatic N) is 1. The average molecular weight is 321 g/mol. The van der Waals surface area contributed by atoms with Crippen molar-refractivity contribution in [1.82, 2.24) is 0 Å². The van der Waals surface area contributed by atoms with Gasteiger partial charge in [-0.25, -0.2) is 4.79 Å². The summed E-state index contributed by atoms with van der Waals surface area (Å²) in [6, 6.07) is 14.1. The van der Waals surface area contributed by atoms with Crippen molar-refractivity contribution < 1.29 is 18.7 Å². The molecule has 0 radical (unpaired) electrons. The Labute approximate surface area is 139 Å². The molecule has 0 aliphatic carbocycles. The third-order valence-corrected chi connectivity index (χ3v) is 3.60. The molecule has 24 heavy (non-hydrogen) atoms. The Morgan fingerprint density at radius 3 is 2.71 bits per heavy atom. The van der Waals surface area contributed by atoms with Crippen molar-refractivity contribution in [2.45, 2.75) is 13.8 Å². The second kappa shape index (κ2) is 6.47. The molecule has 0 atom stereocenters. The minimum Gasteiger partial charge on any atom is -0.490 e. The summed E-state index contributed by atoms with van der Waals surface area (Å²) < 4.78 is 16.5. The van der Waals surface area contributed by atoms with Gasteiger partial charge >= 0.3 is 5.97 Å². The summed E-state index contributed by atoms with van der Waals surface area (Å²) >= 11 is 0. The van der Waals surface area contributed by atoms with Crippen LogP contribution in [0.4, 0.5) is 0 Å². The van der Waals surface area contributed by atoms with E-state index in [1.807, 2.05) is 38.1 Å². The lowest BCUT2D eigenvalue weighted by Gasteiger charge is -2.10. The van der Waals surface area contributed by atoms with Crippen LogP contribution in [-0.2, 0) is 0 Å². The first-order valence-electron chi connectivity index (χ1n) is 7.51. The molecule has 0 aliphatic rings. The number of aryl methyl sites for hydroxylation is 1. The van der Waals surface area contributed by atoms with Crippen molar-refractivity contribution in [3.05, 3.63) is 59.4 Å². The maximum atomic E-state index is 12.5. The number of ether oxygens (including phenoxy) is 2. The number of hydrogen-bond donors (Lipinski definition) is 0. The number of rotatable bonds is 4. The standard InChI is InChI=1S/C19H15NO4/c1-3-22-17-10-13(11-20)8-9-16(17)24-19(21)18-12(2)14-6-4-5-7-15(14)23-18/h4-10H,3H2,1-2H3. The lowest BCUT2D eigenvalue weighted by molar-refractivity contribution is 0.0696. The van der Waals surface area contributed by atoms with E-state index < -0.39 is 5.97 Å². The van der Waals surface area contributed by atoms with Gasteiger partial charge in [0.25, 0.3) is 0 Å². The van der Waals surface area contributed by atoms with Gasteiger partial charge in [-0.2, -0.15) is 5.26 Å². The molecule has 0 aliphatic heterocycles. The Balaban J connectivity index is 1.94. The Bertz CT molecular complexity index is 950. The number of carbonyl (C=O) groups is 1. The van der Waals surface area contributed by atoms with Crippen LogP contribution in [-0.4, -0.2) is 12.6 Å². The molecule has 1 aromatic heterocycles. The summed E-state index contributed by atoms with van der Waals surface area (Å²) in [4.78, 5) is 12.5. The van der Waals surface area contributed by atoms with Crippen molar-refractivity contribution in [2.75, 3.05) is 6.61 Å². The molecular formula is C19H15NO4. The summed E-state index contributed by atoms with van der Waals surface area (Å²) in [6.07, 6.45) is 0. The van der Waals surface area contributed by atoms with Gasteiger partial charge in [-0.3, -0.25) is 0 Å². The van der Waals surface area contributed by atoms with Crippen molar-refractivity contribution >= 4 is 16.9 Å². The van der Waals surface area contributed by atoms with Crippen LogP contribution in [0.25, 0.3) is 11.0 Å². The third-order valence-electron chi connectivity index (χ3n) is 3.60. The van der Waals surface area contributed by atoms with Gasteiger partial charge in [-0.05, 0) is 32.0 Å². The van der Waals surface area contributed by atoms with E-state index in [0.29, 0.717) is 23.5 Å². The largest absolute Gasteiger partial charge is 0.490 e. The molecular weight excluding hydrogens is 306 g/mol. The molecule has 2 aromatic carbocycles. The number of carbonyl (C=O) groups excluding carboxylic acids is 1. The molecule has 0 fully saturated rings. The number of para-hydroxylation sites is 1.